The zero-order valence-corrected chi connectivity index (χ0v) is 21.3. The minimum absolute atomic E-state index is 0.200. The number of carbonyl (C=O) groups excluding carboxylic acids is 1. The van der Waals surface area contributed by atoms with E-state index in [0.29, 0.717) is 43.9 Å². The number of nitrogens with one attached hydrogen (secondary N) is 1. The topological polar surface area (TPSA) is 84.1 Å². The number of thiazole rings is 1. The lowest BCUT2D eigenvalue weighted by Crippen LogP contribution is -2.32. The van der Waals surface area contributed by atoms with Crippen LogP contribution >= 0.6 is 34.5 Å². The van der Waals surface area contributed by atoms with E-state index in [9.17, 15) is 14.9 Å². The van der Waals surface area contributed by atoms with Crippen LogP contribution in [0.5, 0.6) is 5.75 Å². The number of benzene rings is 3. The van der Waals surface area contributed by atoms with Crippen molar-refractivity contribution in [3.8, 4) is 17.5 Å². The highest BCUT2D eigenvalue weighted by Crippen LogP contribution is 2.23. The first-order valence-electron chi connectivity index (χ1n) is 10.8. The van der Waals surface area contributed by atoms with Crippen LogP contribution in [0.2, 0.25) is 10.0 Å². The van der Waals surface area contributed by atoms with Crippen LogP contribution in [0.4, 0.5) is 5.69 Å². The summed E-state index contributed by atoms with van der Waals surface area (Å²) in [5.74, 6) is -0.0810. The van der Waals surface area contributed by atoms with Crippen molar-refractivity contribution in [2.24, 2.45) is 0 Å². The molecular formula is C27H19Cl2N3O3S. The molecule has 4 rings (SSSR count). The molecule has 0 aliphatic carbocycles. The Labute approximate surface area is 220 Å². The van der Waals surface area contributed by atoms with Crippen molar-refractivity contribution in [1.29, 1.82) is 5.26 Å². The summed E-state index contributed by atoms with van der Waals surface area (Å²) >= 11 is 13.2. The fraction of sp³-hybridized carbons (Fsp3) is 0.0741. The van der Waals surface area contributed by atoms with Crippen molar-refractivity contribution >= 4 is 57.8 Å². The van der Waals surface area contributed by atoms with Crippen LogP contribution in [0.3, 0.4) is 0 Å². The minimum Gasteiger partial charge on any atom is -0.493 e. The molecule has 0 unspecified atom stereocenters. The van der Waals surface area contributed by atoms with Crippen molar-refractivity contribution < 1.29 is 9.53 Å². The first-order chi connectivity index (χ1) is 17.4. The number of nitrogens with zero attached hydrogens (tertiary/aromatic N) is 2. The van der Waals surface area contributed by atoms with E-state index in [2.05, 4.69) is 5.32 Å². The minimum atomic E-state index is -0.643. The Bertz CT molecular complexity index is 1640. The molecule has 1 aromatic heterocycles. The SMILES string of the molecule is CCOc1ccc(Cl)cc1/C=c1/s/c(=C(\C#N)C(=O)Nc2ccc(Cl)cc2)n(-c2ccccc2)c1=O. The summed E-state index contributed by atoms with van der Waals surface area (Å²) in [5.41, 5.74) is 1.02. The van der Waals surface area contributed by atoms with Gasteiger partial charge in [-0.3, -0.25) is 14.2 Å². The Morgan fingerprint density at radius 2 is 1.78 bits per heavy atom. The van der Waals surface area contributed by atoms with Gasteiger partial charge in [-0.25, -0.2) is 0 Å². The second-order valence-electron chi connectivity index (χ2n) is 7.45. The third-order valence-corrected chi connectivity index (χ3v) is 6.63. The van der Waals surface area contributed by atoms with Gasteiger partial charge in [0.2, 0.25) is 0 Å². The number of rotatable bonds is 6. The van der Waals surface area contributed by atoms with Gasteiger partial charge >= 0.3 is 0 Å². The second-order valence-corrected chi connectivity index (χ2v) is 9.36. The van der Waals surface area contributed by atoms with Gasteiger partial charge in [0.25, 0.3) is 11.5 Å². The maximum Gasteiger partial charge on any atom is 0.273 e. The molecule has 1 amide bonds. The van der Waals surface area contributed by atoms with E-state index in [1.54, 1.807) is 72.8 Å². The summed E-state index contributed by atoms with van der Waals surface area (Å²) in [4.78, 5) is 26.7. The van der Waals surface area contributed by atoms with E-state index < -0.39 is 5.91 Å². The summed E-state index contributed by atoms with van der Waals surface area (Å²) in [6, 6.07) is 22.4. The third-order valence-electron chi connectivity index (χ3n) is 5.05. The molecular weight excluding hydrogens is 517 g/mol. The van der Waals surface area contributed by atoms with Crippen LogP contribution in [0.1, 0.15) is 12.5 Å². The smallest absolute Gasteiger partial charge is 0.273 e. The maximum absolute atomic E-state index is 13.6. The lowest BCUT2D eigenvalue weighted by atomic mass is 10.2. The largest absolute Gasteiger partial charge is 0.493 e. The molecule has 0 fully saturated rings. The third kappa shape index (κ3) is 5.52. The number of ether oxygens (including phenoxy) is 1. The van der Waals surface area contributed by atoms with Crippen molar-refractivity contribution in [2.75, 3.05) is 11.9 Å². The number of amides is 1. The van der Waals surface area contributed by atoms with E-state index in [1.165, 1.54) is 4.57 Å². The van der Waals surface area contributed by atoms with Gasteiger partial charge in [0.05, 0.1) is 16.8 Å². The average molecular weight is 536 g/mol. The fourth-order valence-corrected chi connectivity index (χ4v) is 4.84. The van der Waals surface area contributed by atoms with Crippen molar-refractivity contribution in [1.82, 2.24) is 4.57 Å². The number of para-hydroxylation sites is 1. The van der Waals surface area contributed by atoms with Crippen LogP contribution in [-0.4, -0.2) is 17.1 Å². The number of nitriles is 1. The van der Waals surface area contributed by atoms with Crippen LogP contribution in [0.15, 0.2) is 77.6 Å². The van der Waals surface area contributed by atoms with Gasteiger partial charge in [0.1, 0.15) is 16.5 Å². The number of halogens is 2. The molecule has 4 aromatic rings. The first-order valence-corrected chi connectivity index (χ1v) is 12.4. The van der Waals surface area contributed by atoms with Gasteiger partial charge in [0.15, 0.2) is 5.57 Å². The highest BCUT2D eigenvalue weighted by Gasteiger charge is 2.17. The fourth-order valence-electron chi connectivity index (χ4n) is 3.44. The monoisotopic (exact) mass is 535 g/mol. The molecule has 180 valence electrons. The molecule has 0 aliphatic rings. The molecule has 9 heteroatoms. The number of anilines is 1. The Hall–Kier alpha value is -3.83. The Balaban J connectivity index is 1.96. The lowest BCUT2D eigenvalue weighted by Gasteiger charge is -2.06. The van der Waals surface area contributed by atoms with E-state index >= 15 is 0 Å². The normalized spacial score (nSPS) is 12.1. The van der Waals surface area contributed by atoms with Crippen molar-refractivity contribution in [3.63, 3.8) is 0 Å². The van der Waals surface area contributed by atoms with Crippen LogP contribution in [0, 0.1) is 11.3 Å². The summed E-state index contributed by atoms with van der Waals surface area (Å²) in [6.07, 6.45) is 1.65. The Morgan fingerprint density at radius 3 is 2.44 bits per heavy atom. The predicted molar refractivity (Wildman–Crippen MR) is 144 cm³/mol. The molecule has 0 saturated carbocycles. The molecule has 1 heterocycles. The van der Waals surface area contributed by atoms with E-state index in [0.717, 1.165) is 11.3 Å². The molecule has 6 nitrogen and oxygen atoms in total. The highest BCUT2D eigenvalue weighted by molar-refractivity contribution is 7.07. The summed E-state index contributed by atoms with van der Waals surface area (Å²) in [5, 5.41) is 13.7. The van der Waals surface area contributed by atoms with Crippen molar-refractivity contribution in [3.05, 3.63) is 108 Å². The molecule has 0 saturated heterocycles. The first kappa shape index (κ1) is 25.3. The summed E-state index contributed by atoms with van der Waals surface area (Å²) < 4.78 is 7.55. The van der Waals surface area contributed by atoms with Crippen LogP contribution in [0.25, 0.3) is 17.3 Å². The number of aromatic nitrogens is 1. The van der Waals surface area contributed by atoms with Gasteiger partial charge < -0.3 is 10.1 Å². The molecule has 36 heavy (non-hydrogen) atoms. The summed E-state index contributed by atoms with van der Waals surface area (Å²) in [6.45, 7) is 2.29. The quantitative estimate of drug-likeness (QED) is 0.386. The van der Waals surface area contributed by atoms with Crippen LogP contribution in [-0.2, 0) is 4.79 Å². The van der Waals surface area contributed by atoms with Gasteiger partial charge in [-0.1, -0.05) is 41.4 Å². The molecule has 0 spiro atoms. The number of carbonyl (C=O) groups is 1. The molecule has 3 aromatic carbocycles. The standard InChI is InChI=1S/C27H19Cl2N3O3S/c1-2-35-23-13-10-19(29)14-17(23)15-24-26(34)32(21-6-4-3-5-7-21)27(36-24)22(16-30)25(33)31-20-11-8-18(28)9-12-20/h3-15H,2H2,1H3,(H,31,33)/b24-15+,27-22+. The number of hydrogen-bond acceptors (Lipinski definition) is 5. The van der Waals surface area contributed by atoms with Crippen molar-refractivity contribution in [2.45, 2.75) is 6.92 Å². The average Bonchev–Trinajstić information content (AvgIpc) is 3.18. The number of hydrogen-bond donors (Lipinski definition) is 1. The van der Waals surface area contributed by atoms with Gasteiger partial charge in [-0.05, 0) is 67.6 Å². The molecule has 0 radical (unpaired) electrons. The molecule has 0 aliphatic heterocycles. The van der Waals surface area contributed by atoms with Gasteiger partial charge in [0, 0.05) is 21.3 Å². The summed E-state index contributed by atoms with van der Waals surface area (Å²) in [7, 11) is 0. The van der Waals surface area contributed by atoms with Gasteiger partial charge in [-0.2, -0.15) is 5.26 Å². The Morgan fingerprint density at radius 1 is 1.08 bits per heavy atom. The van der Waals surface area contributed by atoms with E-state index in [-0.39, 0.29) is 15.8 Å². The predicted octanol–water partition coefficient (Wildman–Crippen LogP) is 4.75. The lowest BCUT2D eigenvalue weighted by molar-refractivity contribution is -0.111. The maximum atomic E-state index is 13.6. The van der Waals surface area contributed by atoms with Crippen LogP contribution < -0.4 is 24.8 Å². The van der Waals surface area contributed by atoms with E-state index in [4.69, 9.17) is 27.9 Å². The van der Waals surface area contributed by atoms with Gasteiger partial charge in [-0.15, -0.1) is 11.3 Å². The molecule has 0 bridgehead atoms. The van der Waals surface area contributed by atoms with E-state index in [1.807, 2.05) is 19.1 Å². The zero-order valence-electron chi connectivity index (χ0n) is 19.0. The zero-order chi connectivity index (χ0) is 25.7. The second kappa shape index (κ2) is 11.3. The molecule has 0 atom stereocenters. The highest BCUT2D eigenvalue weighted by atomic mass is 35.5. The molecule has 1 N–H and O–H groups in total. The Kier molecular flexibility index (Phi) is 7.91.